The number of carboxylic acid groups (broad SMARTS) is 1. The number of hydrogen-bond acceptors (Lipinski definition) is 8. The highest BCUT2D eigenvalue weighted by Gasteiger charge is 2.45. The van der Waals surface area contributed by atoms with Crippen molar-refractivity contribution in [2.45, 2.75) is 108 Å². The Bertz CT molecular complexity index is 1070. The van der Waals surface area contributed by atoms with Crippen LogP contribution in [0.4, 0.5) is 13.2 Å². The zero-order valence-electron chi connectivity index (χ0n) is 24.9. The molecule has 0 bridgehead atoms. The van der Waals surface area contributed by atoms with E-state index in [-0.39, 0.29) is 37.6 Å². The van der Waals surface area contributed by atoms with Gasteiger partial charge < -0.3 is 33.5 Å². The lowest BCUT2D eigenvalue weighted by Gasteiger charge is -2.32. The fourth-order valence-corrected chi connectivity index (χ4v) is 5.60. The Hall–Kier alpha value is -2.51. The van der Waals surface area contributed by atoms with Crippen LogP contribution in [0, 0.1) is 5.92 Å². The van der Waals surface area contributed by atoms with Gasteiger partial charge in [-0.3, -0.25) is 9.59 Å². The average molecular weight is 629 g/mol. The number of carbonyl (C=O) groups is 2. The predicted molar refractivity (Wildman–Crippen MR) is 152 cm³/mol. The van der Waals surface area contributed by atoms with E-state index in [0.29, 0.717) is 38.9 Å². The van der Waals surface area contributed by atoms with E-state index in [2.05, 4.69) is 0 Å². The zero-order chi connectivity index (χ0) is 31.4. The number of aliphatic carboxylic acids is 1. The molecule has 0 radical (unpaired) electrons. The summed E-state index contributed by atoms with van der Waals surface area (Å²) in [5.41, 5.74) is -0.812. The fourth-order valence-electron chi connectivity index (χ4n) is 5.60. The number of halogens is 3. The number of benzene rings is 1. The largest absolute Gasteiger partial charge is 0.491 e. The molecule has 6 atom stereocenters. The summed E-state index contributed by atoms with van der Waals surface area (Å²) >= 11 is 0. The van der Waals surface area contributed by atoms with Crippen LogP contribution < -0.4 is 4.74 Å². The number of carbonyl (C=O) groups excluding carboxylic acids is 1. The molecule has 3 aliphatic rings. The fraction of sp³-hybridized carbons (Fsp3) is 0.688. The van der Waals surface area contributed by atoms with Crippen molar-refractivity contribution in [1.82, 2.24) is 0 Å². The van der Waals surface area contributed by atoms with E-state index in [4.69, 9.17) is 33.5 Å². The zero-order valence-corrected chi connectivity index (χ0v) is 24.9. The van der Waals surface area contributed by atoms with Gasteiger partial charge in [-0.25, -0.2) is 0 Å². The van der Waals surface area contributed by atoms with Crippen LogP contribution in [0.1, 0.15) is 76.2 Å². The molecule has 1 saturated carbocycles. The molecule has 3 fully saturated rings. The lowest BCUT2D eigenvalue weighted by Crippen LogP contribution is -2.40. The molecular formula is C32H43F3O9. The smallest absolute Gasteiger partial charge is 0.416 e. The molecule has 2 heterocycles. The Morgan fingerprint density at radius 2 is 1.80 bits per heavy atom. The van der Waals surface area contributed by atoms with Crippen molar-refractivity contribution in [2.24, 2.45) is 5.92 Å². The third-order valence-corrected chi connectivity index (χ3v) is 7.92. The third-order valence-electron chi connectivity index (χ3n) is 7.92. The molecule has 9 nitrogen and oxygen atoms in total. The van der Waals surface area contributed by atoms with E-state index in [1.807, 2.05) is 12.2 Å². The van der Waals surface area contributed by atoms with Crippen LogP contribution in [0.5, 0.6) is 5.75 Å². The Balaban J connectivity index is 1.43. The topological polar surface area (TPSA) is 110 Å². The Kier molecular flexibility index (Phi) is 13.5. The van der Waals surface area contributed by atoms with Crippen molar-refractivity contribution < 1.29 is 56.3 Å². The van der Waals surface area contributed by atoms with E-state index in [1.54, 1.807) is 0 Å². The first-order chi connectivity index (χ1) is 21.2. The first-order valence-corrected chi connectivity index (χ1v) is 15.5. The molecule has 2 aliphatic heterocycles. The van der Waals surface area contributed by atoms with Crippen molar-refractivity contribution in [3.63, 3.8) is 0 Å². The molecule has 1 N–H and O–H groups in total. The lowest BCUT2D eigenvalue weighted by molar-refractivity contribution is -0.226. The van der Waals surface area contributed by atoms with Crippen molar-refractivity contribution in [1.29, 1.82) is 0 Å². The summed E-state index contributed by atoms with van der Waals surface area (Å²) in [5.74, 6) is -1.29. The molecule has 4 rings (SSSR count). The van der Waals surface area contributed by atoms with Gasteiger partial charge in [0.15, 0.2) is 12.6 Å². The molecule has 6 unspecified atom stereocenters. The second kappa shape index (κ2) is 17.3. The molecule has 1 aromatic carbocycles. The van der Waals surface area contributed by atoms with Crippen LogP contribution >= 0.6 is 0 Å². The Morgan fingerprint density at radius 3 is 2.48 bits per heavy atom. The maximum atomic E-state index is 13.2. The molecule has 0 spiro atoms. The van der Waals surface area contributed by atoms with E-state index in [0.717, 1.165) is 44.2 Å². The lowest BCUT2D eigenvalue weighted by atomic mass is 9.99. The molecule has 1 aliphatic carbocycles. The molecule has 1 aromatic rings. The van der Waals surface area contributed by atoms with E-state index < -0.39 is 54.5 Å². The summed E-state index contributed by atoms with van der Waals surface area (Å²) in [4.78, 5) is 23.9. The van der Waals surface area contributed by atoms with Gasteiger partial charge in [0.2, 0.25) is 0 Å². The van der Waals surface area contributed by atoms with Gasteiger partial charge >= 0.3 is 12.1 Å². The molecule has 44 heavy (non-hydrogen) atoms. The molecule has 12 heteroatoms. The monoisotopic (exact) mass is 628 g/mol. The molecule has 0 aromatic heterocycles. The number of carboxylic acids is 1. The summed E-state index contributed by atoms with van der Waals surface area (Å²) in [7, 11) is 0. The number of hydrogen-bond donors (Lipinski definition) is 1. The highest BCUT2D eigenvalue weighted by molar-refractivity contribution is 5.85. The second-order valence-corrected chi connectivity index (χ2v) is 11.4. The predicted octanol–water partition coefficient (Wildman–Crippen LogP) is 6.08. The summed E-state index contributed by atoms with van der Waals surface area (Å²) in [6.07, 6.45) is 3.36. The summed E-state index contributed by atoms with van der Waals surface area (Å²) < 4.78 is 75.7. The Morgan fingerprint density at radius 1 is 1.05 bits per heavy atom. The number of ketones is 1. The second-order valence-electron chi connectivity index (χ2n) is 11.4. The maximum absolute atomic E-state index is 13.2. The molecule has 2 saturated heterocycles. The first kappa shape index (κ1) is 34.4. The highest BCUT2D eigenvalue weighted by Crippen LogP contribution is 2.34. The average Bonchev–Trinajstić information content (AvgIpc) is 3.29. The van der Waals surface area contributed by atoms with Crippen LogP contribution in [0.15, 0.2) is 36.4 Å². The summed E-state index contributed by atoms with van der Waals surface area (Å²) in [6.45, 7) is 1.04. The van der Waals surface area contributed by atoms with Crippen LogP contribution in [0.3, 0.4) is 0 Å². The molecule has 246 valence electrons. The minimum absolute atomic E-state index is 0.000654. The van der Waals surface area contributed by atoms with E-state index >= 15 is 0 Å². The third kappa shape index (κ3) is 11.1. The van der Waals surface area contributed by atoms with Gasteiger partial charge in [-0.15, -0.1) is 0 Å². The SMILES string of the molecule is O=C(O)CCC/C=C/CC1C(=O)CC(OC2CCCCO2)C1OCC(COc1cccc(C(F)(F)F)c1)OC1CCCCO1. The van der Waals surface area contributed by atoms with Crippen molar-refractivity contribution >= 4 is 11.8 Å². The molecular weight excluding hydrogens is 585 g/mol. The van der Waals surface area contributed by atoms with Crippen LogP contribution in [-0.4, -0.2) is 74.2 Å². The van der Waals surface area contributed by atoms with Gasteiger partial charge in [0.1, 0.15) is 24.2 Å². The van der Waals surface area contributed by atoms with Gasteiger partial charge in [-0.2, -0.15) is 13.2 Å². The van der Waals surface area contributed by atoms with Gasteiger partial charge in [-0.05, 0) is 76.0 Å². The maximum Gasteiger partial charge on any atom is 0.416 e. The van der Waals surface area contributed by atoms with Crippen molar-refractivity contribution in [3.05, 3.63) is 42.0 Å². The number of unbranched alkanes of at least 4 members (excludes halogenated alkanes) is 1. The van der Waals surface area contributed by atoms with E-state index in [1.165, 1.54) is 12.1 Å². The van der Waals surface area contributed by atoms with Gasteiger partial charge in [0, 0.05) is 26.1 Å². The van der Waals surface area contributed by atoms with Crippen LogP contribution in [0.25, 0.3) is 0 Å². The minimum atomic E-state index is -4.50. The summed E-state index contributed by atoms with van der Waals surface area (Å²) in [5, 5.41) is 8.85. The highest BCUT2D eigenvalue weighted by atomic mass is 19.4. The normalized spacial score (nSPS) is 27.1. The number of ether oxygens (including phenoxy) is 6. The van der Waals surface area contributed by atoms with Crippen LogP contribution in [0.2, 0.25) is 0 Å². The summed E-state index contributed by atoms with van der Waals surface area (Å²) in [6, 6.07) is 4.66. The van der Waals surface area contributed by atoms with Gasteiger partial charge in [0.05, 0.1) is 30.3 Å². The quantitative estimate of drug-likeness (QED) is 0.172. The number of rotatable bonds is 16. The Labute approximate surface area is 256 Å². The number of alkyl halides is 3. The van der Waals surface area contributed by atoms with Gasteiger partial charge in [0.25, 0.3) is 0 Å². The van der Waals surface area contributed by atoms with Crippen molar-refractivity contribution in [3.8, 4) is 5.75 Å². The minimum Gasteiger partial charge on any atom is -0.491 e. The van der Waals surface area contributed by atoms with E-state index in [9.17, 15) is 22.8 Å². The molecule has 0 amide bonds. The standard InChI is InChI=1S/C32H43F3O9/c33-32(34,35)22-10-9-11-23(18-22)41-20-24(43-29-14-5-7-16-39-29)21-42-31-25(12-3-1-2-4-13-28(37)38)26(36)19-27(31)44-30-15-6-8-17-40-30/h1,3,9-11,18,24-25,27,29-31H,2,4-8,12-17,19-21H2,(H,37,38)/b3-1+. The van der Waals surface area contributed by atoms with Crippen molar-refractivity contribution in [2.75, 3.05) is 26.4 Å². The van der Waals surface area contributed by atoms with Crippen LogP contribution in [-0.2, 0) is 39.4 Å². The number of allylic oxidation sites excluding steroid dienone is 2. The van der Waals surface area contributed by atoms with Gasteiger partial charge in [-0.1, -0.05) is 18.2 Å². The first-order valence-electron chi connectivity index (χ1n) is 15.5. The number of Topliss-reactive ketones (excluding diaryl/α,β-unsaturated/α-hetero) is 1.